The lowest BCUT2D eigenvalue weighted by Crippen LogP contribution is -2.31. The summed E-state index contributed by atoms with van der Waals surface area (Å²) < 4.78 is 7.72. The van der Waals surface area contributed by atoms with Crippen molar-refractivity contribution < 1.29 is 9.53 Å². The highest BCUT2D eigenvalue weighted by Crippen LogP contribution is 2.37. The van der Waals surface area contributed by atoms with Gasteiger partial charge in [-0.05, 0) is 68.8 Å². The normalized spacial score (nSPS) is 15.3. The Hall–Kier alpha value is -3.26. The summed E-state index contributed by atoms with van der Waals surface area (Å²) >= 11 is 1.57. The van der Waals surface area contributed by atoms with Gasteiger partial charge in [-0.15, -0.1) is 5.10 Å². The largest absolute Gasteiger partial charge is 0.491 e. The molecule has 1 aliphatic heterocycles. The van der Waals surface area contributed by atoms with Crippen molar-refractivity contribution >= 4 is 29.3 Å². The molecule has 0 saturated carbocycles. The van der Waals surface area contributed by atoms with Gasteiger partial charge >= 0.3 is 0 Å². The Balaban J connectivity index is 1.78. The van der Waals surface area contributed by atoms with Gasteiger partial charge in [-0.2, -0.15) is 4.98 Å². The third-order valence-electron chi connectivity index (χ3n) is 5.17. The van der Waals surface area contributed by atoms with Gasteiger partial charge in [0.1, 0.15) is 11.8 Å². The van der Waals surface area contributed by atoms with Gasteiger partial charge in [0, 0.05) is 11.4 Å². The first kappa shape index (κ1) is 22.9. The highest BCUT2D eigenvalue weighted by Gasteiger charge is 2.34. The van der Waals surface area contributed by atoms with Crippen LogP contribution in [0.5, 0.6) is 5.75 Å². The van der Waals surface area contributed by atoms with Crippen LogP contribution in [-0.4, -0.2) is 32.5 Å². The topological polar surface area (TPSA) is 81.1 Å². The van der Waals surface area contributed by atoms with Gasteiger partial charge in [0.25, 0.3) is 5.91 Å². The first-order valence-corrected chi connectivity index (χ1v) is 12.1. The molecule has 0 bridgehead atoms. The number of aryl methyl sites for hydroxylation is 1. The summed E-state index contributed by atoms with van der Waals surface area (Å²) in [5, 5.41) is 11.7. The number of carbonyl (C=O) groups excluding carboxylic acids is 1. The zero-order valence-electron chi connectivity index (χ0n) is 19.5. The maximum atomic E-state index is 13.6. The molecule has 2 heterocycles. The highest BCUT2D eigenvalue weighted by molar-refractivity contribution is 7.99. The third-order valence-corrected chi connectivity index (χ3v) is 5.89. The lowest BCUT2D eigenvalue weighted by molar-refractivity contribution is -0.113. The molecule has 1 amide bonds. The fraction of sp³-hybridized carbons (Fsp3) is 0.320. The molecular weight excluding hydrogens is 434 g/mol. The number of allylic oxidation sites excluding steroid dienone is 1. The van der Waals surface area contributed by atoms with Crippen molar-refractivity contribution in [1.82, 2.24) is 14.8 Å². The number of carbonyl (C=O) groups is 1. The second kappa shape index (κ2) is 9.70. The monoisotopic (exact) mass is 463 g/mol. The SMILES string of the molecule is CCSc1nc2n(n1)C(c1cccc(OC(C)C)c1)C(C(=O)Nc1cccc(C)c1)=C(C)N2. The summed E-state index contributed by atoms with van der Waals surface area (Å²) in [4.78, 5) is 18.2. The van der Waals surface area contributed by atoms with Crippen LogP contribution in [0.1, 0.15) is 44.9 Å². The molecule has 7 nitrogen and oxygen atoms in total. The summed E-state index contributed by atoms with van der Waals surface area (Å²) in [5.41, 5.74) is 4.07. The standard InChI is InChI=1S/C25H29N5O2S/c1-6-33-25-28-24-26-17(5)21(23(31)27-19-11-7-9-16(4)13-19)22(30(24)29-25)18-10-8-12-20(14-18)32-15(2)3/h7-15,22H,6H2,1-5H3,(H,27,31)(H,26,28,29). The molecule has 1 atom stereocenters. The van der Waals surface area contributed by atoms with Gasteiger partial charge in [0.05, 0.1) is 11.7 Å². The quantitative estimate of drug-likeness (QED) is 0.456. The summed E-state index contributed by atoms with van der Waals surface area (Å²) in [6, 6.07) is 15.2. The molecule has 4 rings (SSSR count). The van der Waals surface area contributed by atoms with Crippen molar-refractivity contribution in [3.8, 4) is 5.75 Å². The number of ether oxygens (including phenoxy) is 1. The highest BCUT2D eigenvalue weighted by atomic mass is 32.2. The first-order chi connectivity index (χ1) is 15.9. The van der Waals surface area contributed by atoms with E-state index in [2.05, 4.69) is 22.5 Å². The lowest BCUT2D eigenvalue weighted by atomic mass is 9.94. The van der Waals surface area contributed by atoms with Crippen LogP contribution in [0.2, 0.25) is 0 Å². The Morgan fingerprint density at radius 2 is 2.00 bits per heavy atom. The maximum absolute atomic E-state index is 13.6. The number of nitrogens with one attached hydrogen (secondary N) is 2. The number of amides is 1. The van der Waals surface area contributed by atoms with Crippen LogP contribution in [0, 0.1) is 6.92 Å². The number of anilines is 2. The van der Waals surface area contributed by atoms with Gasteiger partial charge in [0.2, 0.25) is 11.1 Å². The van der Waals surface area contributed by atoms with Crippen molar-refractivity contribution in [2.24, 2.45) is 0 Å². The molecule has 3 aromatic rings. The molecule has 1 aliphatic rings. The van der Waals surface area contributed by atoms with E-state index in [1.54, 1.807) is 16.4 Å². The van der Waals surface area contributed by atoms with Crippen molar-refractivity contribution in [2.75, 3.05) is 16.4 Å². The number of aromatic nitrogens is 3. The minimum absolute atomic E-state index is 0.0455. The maximum Gasteiger partial charge on any atom is 0.255 e. The van der Waals surface area contributed by atoms with Crippen LogP contribution in [0.15, 0.2) is 65.0 Å². The fourth-order valence-electron chi connectivity index (χ4n) is 3.88. The van der Waals surface area contributed by atoms with Crippen LogP contribution in [0.4, 0.5) is 11.6 Å². The lowest BCUT2D eigenvalue weighted by Gasteiger charge is -2.29. The van der Waals surface area contributed by atoms with Gasteiger partial charge in [-0.1, -0.05) is 43.0 Å². The van der Waals surface area contributed by atoms with E-state index in [0.717, 1.165) is 34.0 Å². The molecular formula is C25H29N5O2S. The minimum atomic E-state index is -0.444. The molecule has 0 fully saturated rings. The molecule has 0 spiro atoms. The van der Waals surface area contributed by atoms with Gasteiger partial charge < -0.3 is 15.4 Å². The zero-order chi connectivity index (χ0) is 23.5. The van der Waals surface area contributed by atoms with Crippen molar-refractivity contribution in [1.29, 1.82) is 0 Å². The number of fused-ring (bicyclic) bond motifs is 1. The molecule has 1 aromatic heterocycles. The number of hydrogen-bond acceptors (Lipinski definition) is 6. The molecule has 8 heteroatoms. The summed E-state index contributed by atoms with van der Waals surface area (Å²) in [6.07, 6.45) is 0.0455. The number of nitrogens with zero attached hydrogens (tertiary/aromatic N) is 3. The molecule has 2 aromatic carbocycles. The van der Waals surface area contributed by atoms with Gasteiger partial charge in [0.15, 0.2) is 0 Å². The molecule has 33 heavy (non-hydrogen) atoms. The van der Waals surface area contributed by atoms with Crippen LogP contribution in [-0.2, 0) is 4.79 Å². The van der Waals surface area contributed by atoms with E-state index in [4.69, 9.17) is 9.84 Å². The minimum Gasteiger partial charge on any atom is -0.491 e. The average Bonchev–Trinajstić information content (AvgIpc) is 3.14. The third kappa shape index (κ3) is 5.06. The predicted octanol–water partition coefficient (Wildman–Crippen LogP) is 5.41. The van der Waals surface area contributed by atoms with E-state index in [1.807, 2.05) is 76.2 Å². The summed E-state index contributed by atoms with van der Waals surface area (Å²) in [5.74, 6) is 2.05. The molecule has 0 saturated heterocycles. The Bertz CT molecular complexity index is 1200. The Kier molecular flexibility index (Phi) is 6.74. The van der Waals surface area contributed by atoms with Gasteiger partial charge in [-0.3, -0.25) is 4.79 Å². The first-order valence-electron chi connectivity index (χ1n) is 11.1. The van der Waals surface area contributed by atoms with Crippen molar-refractivity contribution in [3.63, 3.8) is 0 Å². The Morgan fingerprint density at radius 3 is 2.73 bits per heavy atom. The molecule has 172 valence electrons. The molecule has 0 aliphatic carbocycles. The number of thioether (sulfide) groups is 1. The van der Waals surface area contributed by atoms with Crippen molar-refractivity contribution in [2.45, 2.75) is 51.9 Å². The average molecular weight is 464 g/mol. The van der Waals surface area contributed by atoms with Crippen LogP contribution < -0.4 is 15.4 Å². The van der Waals surface area contributed by atoms with Crippen LogP contribution in [0.25, 0.3) is 0 Å². The smallest absolute Gasteiger partial charge is 0.255 e. The van der Waals surface area contributed by atoms with E-state index in [-0.39, 0.29) is 12.0 Å². The van der Waals surface area contributed by atoms with E-state index >= 15 is 0 Å². The van der Waals surface area contributed by atoms with E-state index in [9.17, 15) is 4.79 Å². The van der Waals surface area contributed by atoms with E-state index in [1.165, 1.54) is 0 Å². The number of rotatable bonds is 7. The zero-order valence-corrected chi connectivity index (χ0v) is 20.4. The molecule has 0 radical (unpaired) electrons. The summed E-state index contributed by atoms with van der Waals surface area (Å²) in [6.45, 7) is 9.95. The molecule has 1 unspecified atom stereocenters. The van der Waals surface area contributed by atoms with E-state index in [0.29, 0.717) is 16.7 Å². The van der Waals surface area contributed by atoms with Crippen LogP contribution in [0.3, 0.4) is 0 Å². The Morgan fingerprint density at radius 1 is 1.21 bits per heavy atom. The summed E-state index contributed by atoms with van der Waals surface area (Å²) in [7, 11) is 0. The predicted molar refractivity (Wildman–Crippen MR) is 133 cm³/mol. The van der Waals surface area contributed by atoms with Gasteiger partial charge in [-0.25, -0.2) is 4.68 Å². The molecule has 2 N–H and O–H groups in total. The fourth-order valence-corrected chi connectivity index (χ4v) is 4.43. The second-order valence-corrected chi connectivity index (χ2v) is 9.46. The Labute approximate surface area is 198 Å². The second-order valence-electron chi connectivity index (χ2n) is 8.22. The van der Waals surface area contributed by atoms with Crippen LogP contribution >= 0.6 is 11.8 Å². The van der Waals surface area contributed by atoms with Crippen molar-refractivity contribution in [3.05, 3.63) is 70.9 Å². The number of benzene rings is 2. The number of hydrogen-bond donors (Lipinski definition) is 2. The van der Waals surface area contributed by atoms with E-state index < -0.39 is 6.04 Å².